The van der Waals surface area contributed by atoms with Gasteiger partial charge in [-0.25, -0.2) is 8.42 Å². The topological polar surface area (TPSA) is 110 Å². The monoisotopic (exact) mass is 499 g/mol. The fourth-order valence-corrected chi connectivity index (χ4v) is 9.06. The summed E-state index contributed by atoms with van der Waals surface area (Å²) in [6.07, 6.45) is 0.619. The highest BCUT2D eigenvalue weighted by molar-refractivity contribution is 7.93. The number of nitrogens with zero attached hydrogens (tertiary/aromatic N) is 2. The SMILES string of the molecule is NCc1ccc(S(=O)(=O)C[C@@H]2C[C@H](c3ccccc3)CN(S(=O)(=O)N3CCOCC3)C2)s1. The van der Waals surface area contributed by atoms with Crippen LogP contribution in [0.2, 0.25) is 0 Å². The van der Waals surface area contributed by atoms with E-state index in [1.54, 1.807) is 12.1 Å². The van der Waals surface area contributed by atoms with Crippen LogP contribution in [-0.2, 0) is 31.3 Å². The summed E-state index contributed by atoms with van der Waals surface area (Å²) < 4.78 is 61.5. The van der Waals surface area contributed by atoms with Gasteiger partial charge in [-0.1, -0.05) is 30.3 Å². The van der Waals surface area contributed by atoms with Crippen LogP contribution in [0.15, 0.2) is 46.7 Å². The van der Waals surface area contributed by atoms with Crippen molar-refractivity contribution in [2.24, 2.45) is 11.7 Å². The van der Waals surface area contributed by atoms with Crippen LogP contribution >= 0.6 is 11.3 Å². The van der Waals surface area contributed by atoms with Crippen molar-refractivity contribution in [3.8, 4) is 0 Å². The van der Waals surface area contributed by atoms with Crippen LogP contribution < -0.4 is 5.73 Å². The fraction of sp³-hybridized carbons (Fsp3) is 0.524. The fourth-order valence-electron chi connectivity index (χ4n) is 4.40. The number of morpholine rings is 1. The minimum Gasteiger partial charge on any atom is -0.379 e. The van der Waals surface area contributed by atoms with Gasteiger partial charge >= 0.3 is 0 Å². The molecule has 2 N–H and O–H groups in total. The number of hydrogen-bond donors (Lipinski definition) is 1. The summed E-state index contributed by atoms with van der Waals surface area (Å²) in [5.74, 6) is -0.460. The van der Waals surface area contributed by atoms with Gasteiger partial charge in [0, 0.05) is 37.6 Å². The van der Waals surface area contributed by atoms with Gasteiger partial charge in [0.1, 0.15) is 4.21 Å². The highest BCUT2D eigenvalue weighted by atomic mass is 32.2. The van der Waals surface area contributed by atoms with Crippen LogP contribution in [0.3, 0.4) is 0 Å². The maximum Gasteiger partial charge on any atom is 0.282 e. The van der Waals surface area contributed by atoms with Crippen LogP contribution in [0.1, 0.15) is 22.8 Å². The zero-order chi connectivity index (χ0) is 22.8. The Hall–Kier alpha value is -1.34. The van der Waals surface area contributed by atoms with Gasteiger partial charge in [-0.3, -0.25) is 0 Å². The van der Waals surface area contributed by atoms with E-state index in [0.717, 1.165) is 10.4 Å². The molecule has 0 spiro atoms. The predicted octanol–water partition coefficient (Wildman–Crippen LogP) is 1.66. The molecule has 32 heavy (non-hydrogen) atoms. The molecular formula is C21H29N3O5S3. The van der Waals surface area contributed by atoms with Crippen LogP contribution in [0.25, 0.3) is 0 Å². The first-order valence-electron chi connectivity index (χ1n) is 10.7. The normalized spacial score (nSPS) is 23.9. The number of nitrogens with two attached hydrogens (primary N) is 1. The number of hydrogen-bond acceptors (Lipinski definition) is 7. The highest BCUT2D eigenvalue weighted by Gasteiger charge is 2.39. The Labute approximate surface area is 194 Å². The van der Waals surface area contributed by atoms with Crippen LogP contribution in [0.5, 0.6) is 0 Å². The Kier molecular flexibility index (Phi) is 7.35. The largest absolute Gasteiger partial charge is 0.379 e. The average molecular weight is 500 g/mol. The maximum absolute atomic E-state index is 13.4. The van der Waals surface area contributed by atoms with Crippen molar-refractivity contribution in [1.29, 1.82) is 0 Å². The Morgan fingerprint density at radius 2 is 1.69 bits per heavy atom. The summed E-state index contributed by atoms with van der Waals surface area (Å²) in [7, 11) is -7.24. The van der Waals surface area contributed by atoms with Gasteiger partial charge in [0.2, 0.25) is 0 Å². The van der Waals surface area contributed by atoms with E-state index in [2.05, 4.69) is 0 Å². The van der Waals surface area contributed by atoms with E-state index in [-0.39, 0.29) is 24.1 Å². The summed E-state index contributed by atoms with van der Waals surface area (Å²) in [6.45, 7) is 2.20. The van der Waals surface area contributed by atoms with Crippen LogP contribution in [-0.4, -0.2) is 70.6 Å². The van der Waals surface area contributed by atoms with E-state index >= 15 is 0 Å². The third kappa shape index (κ3) is 5.24. The molecule has 2 aliphatic rings. The van der Waals surface area contributed by atoms with E-state index in [1.165, 1.54) is 19.9 Å². The average Bonchev–Trinajstić information content (AvgIpc) is 3.30. The highest BCUT2D eigenvalue weighted by Crippen LogP contribution is 2.35. The molecule has 4 rings (SSSR count). The summed E-state index contributed by atoms with van der Waals surface area (Å²) in [6, 6.07) is 13.1. The molecule has 2 saturated heterocycles. The molecule has 0 bridgehead atoms. The van der Waals surface area contributed by atoms with Crippen molar-refractivity contribution in [2.75, 3.05) is 45.1 Å². The van der Waals surface area contributed by atoms with Gasteiger partial charge in [0.25, 0.3) is 10.2 Å². The molecule has 1 aromatic heterocycles. The molecule has 2 aliphatic heterocycles. The maximum atomic E-state index is 13.4. The predicted molar refractivity (Wildman–Crippen MR) is 124 cm³/mol. The van der Waals surface area contributed by atoms with Crippen molar-refractivity contribution in [2.45, 2.75) is 23.1 Å². The molecular weight excluding hydrogens is 470 g/mol. The van der Waals surface area contributed by atoms with Gasteiger partial charge in [-0.2, -0.15) is 17.0 Å². The molecule has 11 heteroatoms. The third-order valence-electron chi connectivity index (χ3n) is 6.00. The molecule has 0 aliphatic carbocycles. The standard InChI is InChI=1S/C21H29N3O5S3/c22-13-20-6-7-21(30-20)31(25,26)16-17-12-19(18-4-2-1-3-5-18)15-24(14-17)32(27,28)23-8-10-29-11-9-23/h1-7,17,19H,8-16,22H2/t17-,19+/m1/s1. The van der Waals surface area contributed by atoms with Gasteiger partial charge in [0.15, 0.2) is 9.84 Å². The summed E-state index contributed by atoms with van der Waals surface area (Å²) in [4.78, 5) is 0.811. The summed E-state index contributed by atoms with van der Waals surface area (Å²) in [5, 5.41) is 0. The molecule has 2 fully saturated rings. The minimum absolute atomic E-state index is 0.0658. The quantitative estimate of drug-likeness (QED) is 0.621. The van der Waals surface area contributed by atoms with E-state index in [1.807, 2.05) is 30.3 Å². The molecule has 1 aromatic carbocycles. The second kappa shape index (κ2) is 9.88. The molecule has 0 unspecified atom stereocenters. The zero-order valence-electron chi connectivity index (χ0n) is 17.8. The Balaban J connectivity index is 1.59. The first-order chi connectivity index (χ1) is 15.3. The molecule has 2 atom stereocenters. The number of ether oxygens (including phenoxy) is 1. The second-order valence-corrected chi connectivity index (χ2v) is 13.6. The molecule has 2 aromatic rings. The molecule has 0 radical (unpaired) electrons. The Morgan fingerprint density at radius 3 is 2.34 bits per heavy atom. The van der Waals surface area contributed by atoms with Crippen molar-refractivity contribution < 1.29 is 21.6 Å². The van der Waals surface area contributed by atoms with Crippen molar-refractivity contribution in [3.05, 3.63) is 52.9 Å². The number of piperidine rings is 1. The smallest absolute Gasteiger partial charge is 0.282 e. The van der Waals surface area contributed by atoms with Gasteiger partial charge < -0.3 is 10.5 Å². The number of thiophene rings is 1. The number of benzene rings is 1. The number of rotatable bonds is 7. The summed E-state index contributed by atoms with van der Waals surface area (Å²) >= 11 is 1.19. The molecule has 8 nitrogen and oxygen atoms in total. The van der Waals surface area contributed by atoms with E-state index in [9.17, 15) is 16.8 Å². The van der Waals surface area contributed by atoms with Gasteiger partial charge in [-0.15, -0.1) is 11.3 Å². The molecule has 0 saturated carbocycles. The van der Waals surface area contributed by atoms with Crippen LogP contribution in [0.4, 0.5) is 0 Å². The van der Waals surface area contributed by atoms with Crippen molar-refractivity contribution in [1.82, 2.24) is 8.61 Å². The minimum atomic E-state index is -3.70. The van der Waals surface area contributed by atoms with Crippen molar-refractivity contribution in [3.63, 3.8) is 0 Å². The first-order valence-corrected chi connectivity index (χ1v) is 14.6. The molecule has 176 valence electrons. The lowest BCUT2D eigenvalue weighted by Gasteiger charge is -2.40. The van der Waals surface area contributed by atoms with Crippen LogP contribution in [0, 0.1) is 5.92 Å². The Morgan fingerprint density at radius 1 is 0.969 bits per heavy atom. The van der Waals surface area contributed by atoms with Gasteiger partial charge in [0.05, 0.1) is 19.0 Å². The molecule has 0 amide bonds. The summed E-state index contributed by atoms with van der Waals surface area (Å²) in [5.41, 5.74) is 6.67. The zero-order valence-corrected chi connectivity index (χ0v) is 20.2. The van der Waals surface area contributed by atoms with Gasteiger partial charge in [-0.05, 0) is 36.0 Å². The number of sulfone groups is 1. The van der Waals surface area contributed by atoms with Crippen molar-refractivity contribution >= 4 is 31.4 Å². The van der Waals surface area contributed by atoms with E-state index in [0.29, 0.717) is 50.0 Å². The third-order valence-corrected chi connectivity index (χ3v) is 11.5. The lowest BCUT2D eigenvalue weighted by molar-refractivity contribution is 0.0689. The van der Waals surface area contributed by atoms with E-state index < -0.39 is 20.0 Å². The first kappa shape index (κ1) is 23.8. The molecule has 3 heterocycles. The van der Waals surface area contributed by atoms with E-state index in [4.69, 9.17) is 10.5 Å². The Bertz CT molecular complexity index is 1110. The lowest BCUT2D eigenvalue weighted by atomic mass is 9.86. The second-order valence-electron chi connectivity index (χ2n) is 8.25. The lowest BCUT2D eigenvalue weighted by Crippen LogP contribution is -2.53.